The molecule has 114 valence electrons. The van der Waals surface area contributed by atoms with Gasteiger partial charge >= 0.3 is 6.18 Å². The van der Waals surface area contributed by atoms with Gasteiger partial charge in [-0.25, -0.2) is 9.97 Å². The van der Waals surface area contributed by atoms with Gasteiger partial charge in [-0.1, -0.05) is 0 Å². The number of thiophene rings is 1. The molecule has 0 aliphatic carbocycles. The molecule has 0 spiro atoms. The van der Waals surface area contributed by atoms with Gasteiger partial charge in [0.05, 0.1) is 10.6 Å². The molecule has 0 saturated heterocycles. The molecule has 9 heteroatoms. The van der Waals surface area contributed by atoms with E-state index in [1.165, 1.54) is 17.4 Å². The molecule has 22 heavy (non-hydrogen) atoms. The van der Waals surface area contributed by atoms with E-state index in [0.29, 0.717) is 5.69 Å². The highest BCUT2D eigenvalue weighted by Crippen LogP contribution is 2.33. The number of rotatable bonds is 2. The summed E-state index contributed by atoms with van der Waals surface area (Å²) < 4.78 is 37.8. The van der Waals surface area contributed by atoms with Gasteiger partial charge in [-0.2, -0.15) is 13.2 Å². The molecule has 3 rings (SSSR count). The van der Waals surface area contributed by atoms with Gasteiger partial charge in [-0.05, 0) is 19.1 Å². The first-order valence-corrected chi connectivity index (χ1v) is 7.74. The Bertz CT molecular complexity index is 879. The number of H-pyrrole nitrogens is 1. The topological polar surface area (TPSA) is 58.6 Å². The molecule has 0 atom stereocenters. The van der Waals surface area contributed by atoms with Crippen molar-refractivity contribution in [1.29, 1.82) is 0 Å². The van der Waals surface area contributed by atoms with E-state index >= 15 is 0 Å². The largest absolute Gasteiger partial charge is 0.434 e. The Hall–Kier alpha value is -2.00. The van der Waals surface area contributed by atoms with Crippen LogP contribution in [0.3, 0.4) is 0 Å². The lowest BCUT2D eigenvalue weighted by Gasteiger charge is -2.01. The maximum absolute atomic E-state index is 12.6. The van der Waals surface area contributed by atoms with Crippen LogP contribution in [0.5, 0.6) is 0 Å². The molecule has 3 aromatic rings. The molecule has 3 heterocycles. The molecule has 3 aromatic heterocycles. The summed E-state index contributed by atoms with van der Waals surface area (Å²) in [6.07, 6.45) is -4.52. The predicted molar refractivity (Wildman–Crippen MR) is 79.0 cm³/mol. The summed E-state index contributed by atoms with van der Waals surface area (Å²) in [7, 11) is 0. The summed E-state index contributed by atoms with van der Waals surface area (Å²) in [5.74, 6) is 0.0362. The van der Waals surface area contributed by atoms with Crippen LogP contribution in [0.1, 0.15) is 10.6 Å². The standard InChI is InChI=1S/C13H8F3N3OS2/c1-6-2-3-8(22-6)7-4-10(20)19-11(17-7)12-18-9(5-21-12)13(14,15)16/h2-5H,1H3,(H,17,19,20). The van der Waals surface area contributed by atoms with Crippen molar-refractivity contribution in [2.45, 2.75) is 13.1 Å². The number of thiazole rings is 1. The molecule has 0 radical (unpaired) electrons. The maximum Gasteiger partial charge on any atom is 0.434 e. The van der Waals surface area contributed by atoms with E-state index in [9.17, 15) is 18.0 Å². The van der Waals surface area contributed by atoms with Crippen molar-refractivity contribution in [3.63, 3.8) is 0 Å². The number of aryl methyl sites for hydroxylation is 1. The second kappa shape index (κ2) is 5.33. The minimum Gasteiger partial charge on any atom is -0.304 e. The van der Waals surface area contributed by atoms with E-state index in [-0.39, 0.29) is 10.8 Å². The fourth-order valence-corrected chi connectivity index (χ4v) is 3.37. The molecule has 1 N–H and O–H groups in total. The maximum atomic E-state index is 12.6. The van der Waals surface area contributed by atoms with Crippen LogP contribution in [0.2, 0.25) is 0 Å². The van der Waals surface area contributed by atoms with Gasteiger partial charge in [-0.3, -0.25) is 4.79 Å². The van der Waals surface area contributed by atoms with E-state index in [0.717, 1.165) is 26.5 Å². The van der Waals surface area contributed by atoms with Crippen molar-refractivity contribution >= 4 is 22.7 Å². The van der Waals surface area contributed by atoms with Crippen molar-refractivity contribution in [2.24, 2.45) is 0 Å². The van der Waals surface area contributed by atoms with Crippen LogP contribution in [0.15, 0.2) is 28.4 Å². The Labute approximate surface area is 130 Å². The second-order valence-electron chi connectivity index (χ2n) is 4.43. The van der Waals surface area contributed by atoms with Crippen molar-refractivity contribution < 1.29 is 13.2 Å². The van der Waals surface area contributed by atoms with Gasteiger partial charge in [0.25, 0.3) is 5.56 Å². The first-order valence-electron chi connectivity index (χ1n) is 6.04. The van der Waals surface area contributed by atoms with Crippen molar-refractivity contribution in [1.82, 2.24) is 15.0 Å². The zero-order valence-corrected chi connectivity index (χ0v) is 12.7. The van der Waals surface area contributed by atoms with Gasteiger partial charge < -0.3 is 4.98 Å². The van der Waals surface area contributed by atoms with Gasteiger partial charge in [-0.15, -0.1) is 22.7 Å². The van der Waals surface area contributed by atoms with E-state index in [1.807, 2.05) is 19.1 Å². The lowest BCUT2D eigenvalue weighted by atomic mass is 10.3. The van der Waals surface area contributed by atoms with Crippen molar-refractivity contribution in [3.8, 4) is 21.4 Å². The van der Waals surface area contributed by atoms with Crippen LogP contribution < -0.4 is 5.56 Å². The van der Waals surface area contributed by atoms with E-state index < -0.39 is 17.4 Å². The number of halogens is 3. The summed E-state index contributed by atoms with van der Waals surface area (Å²) in [5.41, 5.74) is -1.01. The SMILES string of the molecule is Cc1ccc(-c2cc(=O)[nH]c(-c3nc(C(F)(F)F)cs3)n2)s1. The summed E-state index contributed by atoms with van der Waals surface area (Å²) in [6.45, 7) is 1.92. The Morgan fingerprint density at radius 2 is 2.00 bits per heavy atom. The number of hydrogen-bond donors (Lipinski definition) is 1. The normalized spacial score (nSPS) is 11.8. The Kier molecular flexibility index (Phi) is 3.61. The summed E-state index contributed by atoms with van der Waals surface area (Å²) in [4.78, 5) is 23.7. The highest BCUT2D eigenvalue weighted by Gasteiger charge is 2.34. The van der Waals surface area contributed by atoms with Gasteiger partial charge in [0.2, 0.25) is 0 Å². The molecule has 0 unspecified atom stereocenters. The van der Waals surface area contributed by atoms with Crippen LogP contribution >= 0.6 is 22.7 Å². The Morgan fingerprint density at radius 3 is 2.59 bits per heavy atom. The van der Waals surface area contributed by atoms with Gasteiger partial charge in [0.15, 0.2) is 16.5 Å². The average molecular weight is 343 g/mol. The molecule has 4 nitrogen and oxygen atoms in total. The molecular weight excluding hydrogens is 335 g/mol. The molecule has 0 saturated carbocycles. The number of nitrogens with zero attached hydrogens (tertiary/aromatic N) is 2. The minimum absolute atomic E-state index is 0.0274. The van der Waals surface area contributed by atoms with E-state index in [1.54, 1.807) is 0 Å². The van der Waals surface area contributed by atoms with Crippen LogP contribution in [-0.2, 0) is 6.18 Å². The zero-order chi connectivity index (χ0) is 15.9. The molecule has 0 aliphatic heterocycles. The first-order chi connectivity index (χ1) is 10.3. The number of nitrogens with one attached hydrogen (secondary N) is 1. The van der Waals surface area contributed by atoms with E-state index in [4.69, 9.17) is 0 Å². The van der Waals surface area contributed by atoms with Crippen molar-refractivity contribution in [3.05, 3.63) is 44.5 Å². The number of aromatic amines is 1. The quantitative estimate of drug-likeness (QED) is 0.766. The lowest BCUT2D eigenvalue weighted by Crippen LogP contribution is -2.09. The highest BCUT2D eigenvalue weighted by molar-refractivity contribution is 7.15. The smallest absolute Gasteiger partial charge is 0.304 e. The van der Waals surface area contributed by atoms with Crippen LogP contribution in [0.4, 0.5) is 13.2 Å². The zero-order valence-electron chi connectivity index (χ0n) is 11.1. The second-order valence-corrected chi connectivity index (χ2v) is 6.57. The predicted octanol–water partition coefficient (Wildman–Crippen LogP) is 3.95. The van der Waals surface area contributed by atoms with Crippen LogP contribution in [0.25, 0.3) is 21.4 Å². The van der Waals surface area contributed by atoms with Crippen molar-refractivity contribution in [2.75, 3.05) is 0 Å². The third-order valence-corrected chi connectivity index (χ3v) is 4.60. The molecule has 0 aliphatic rings. The third kappa shape index (κ3) is 2.95. The van der Waals surface area contributed by atoms with E-state index in [2.05, 4.69) is 15.0 Å². The van der Waals surface area contributed by atoms with Gasteiger partial charge in [0, 0.05) is 16.3 Å². The minimum atomic E-state index is -4.52. The third-order valence-electron chi connectivity index (χ3n) is 2.73. The molecule has 0 fully saturated rings. The molecule has 0 aromatic carbocycles. The lowest BCUT2D eigenvalue weighted by molar-refractivity contribution is -0.140. The Balaban J connectivity index is 2.06. The summed E-state index contributed by atoms with van der Waals surface area (Å²) in [5, 5.41) is 0.927. The molecular formula is C13H8F3N3OS2. The highest BCUT2D eigenvalue weighted by atomic mass is 32.1. The Morgan fingerprint density at radius 1 is 1.23 bits per heavy atom. The monoisotopic (exact) mass is 343 g/mol. The van der Waals surface area contributed by atoms with Crippen LogP contribution in [-0.4, -0.2) is 15.0 Å². The summed E-state index contributed by atoms with van der Waals surface area (Å²) >= 11 is 2.24. The molecule has 0 amide bonds. The molecule has 0 bridgehead atoms. The fourth-order valence-electron chi connectivity index (χ4n) is 1.77. The van der Waals surface area contributed by atoms with Gasteiger partial charge in [0.1, 0.15) is 0 Å². The number of hydrogen-bond acceptors (Lipinski definition) is 5. The summed E-state index contributed by atoms with van der Waals surface area (Å²) in [6, 6.07) is 5.01. The fraction of sp³-hybridized carbons (Fsp3) is 0.154. The number of alkyl halides is 3. The average Bonchev–Trinajstić information content (AvgIpc) is 3.05. The van der Waals surface area contributed by atoms with Crippen LogP contribution in [0, 0.1) is 6.92 Å². The number of aromatic nitrogens is 3. The first kappa shape index (κ1) is 14.9.